The third-order valence-electron chi connectivity index (χ3n) is 4.90. The van der Waals surface area contributed by atoms with E-state index in [1.54, 1.807) is 12.4 Å². The second kappa shape index (κ2) is 7.35. The third-order valence-corrected chi connectivity index (χ3v) is 5.84. The molecule has 28 heavy (non-hydrogen) atoms. The molecule has 0 atom stereocenters. The molecule has 0 saturated heterocycles. The second-order valence-electron chi connectivity index (χ2n) is 7.04. The summed E-state index contributed by atoms with van der Waals surface area (Å²) in [4.78, 5) is 31.8. The van der Waals surface area contributed by atoms with E-state index < -0.39 is 0 Å². The van der Waals surface area contributed by atoms with Crippen LogP contribution in [-0.2, 0) is 0 Å². The number of pyridine rings is 1. The lowest BCUT2D eigenvalue weighted by atomic mass is 10.1. The monoisotopic (exact) mass is 395 g/mol. The topological polar surface area (TPSA) is 93.5 Å². The number of hydrogen-bond acceptors (Lipinski definition) is 6. The Hall–Kier alpha value is -2.74. The van der Waals surface area contributed by atoms with Gasteiger partial charge in [-0.1, -0.05) is 11.8 Å². The van der Waals surface area contributed by atoms with E-state index in [9.17, 15) is 9.59 Å². The number of carbonyl (C=O) groups excluding carboxylic acids is 2. The Morgan fingerprint density at radius 3 is 2.68 bits per heavy atom. The van der Waals surface area contributed by atoms with Gasteiger partial charge in [-0.2, -0.15) is 0 Å². The Kier molecular flexibility index (Phi) is 4.89. The van der Waals surface area contributed by atoms with Gasteiger partial charge in [0.05, 0.1) is 11.4 Å². The van der Waals surface area contributed by atoms with Gasteiger partial charge in [0.25, 0.3) is 0 Å². The highest BCUT2D eigenvalue weighted by atomic mass is 32.2. The molecule has 3 heterocycles. The molecule has 0 aliphatic heterocycles. The van der Waals surface area contributed by atoms with Crippen molar-refractivity contribution in [2.24, 2.45) is 0 Å². The molecule has 0 radical (unpaired) electrons. The van der Waals surface area contributed by atoms with Gasteiger partial charge < -0.3 is 4.98 Å². The van der Waals surface area contributed by atoms with Gasteiger partial charge in [0.2, 0.25) is 0 Å². The molecule has 0 unspecified atom stereocenters. The van der Waals surface area contributed by atoms with Crippen LogP contribution in [0.5, 0.6) is 0 Å². The van der Waals surface area contributed by atoms with Crippen LogP contribution in [0.1, 0.15) is 57.9 Å². The summed E-state index contributed by atoms with van der Waals surface area (Å²) in [7, 11) is 0. The Labute approximate surface area is 167 Å². The molecule has 1 saturated carbocycles. The van der Waals surface area contributed by atoms with E-state index in [-0.39, 0.29) is 17.3 Å². The van der Waals surface area contributed by atoms with E-state index in [2.05, 4.69) is 24.7 Å². The maximum absolute atomic E-state index is 12.8. The fourth-order valence-corrected chi connectivity index (χ4v) is 4.37. The van der Waals surface area contributed by atoms with Crippen LogP contribution in [0, 0.1) is 13.8 Å². The van der Waals surface area contributed by atoms with Crippen LogP contribution in [0.15, 0.2) is 29.7 Å². The number of aromatic amines is 1. The molecule has 144 valence electrons. The first kappa shape index (κ1) is 18.6. The van der Waals surface area contributed by atoms with Crippen molar-refractivity contribution in [2.75, 3.05) is 5.75 Å². The molecule has 0 bridgehead atoms. The number of aromatic nitrogens is 5. The van der Waals surface area contributed by atoms with E-state index in [4.69, 9.17) is 0 Å². The first-order valence-corrected chi connectivity index (χ1v) is 10.2. The Morgan fingerprint density at radius 1 is 1.29 bits per heavy atom. The summed E-state index contributed by atoms with van der Waals surface area (Å²) in [6.07, 6.45) is 5.68. The number of nitrogens with zero attached hydrogens (tertiary/aromatic N) is 4. The normalized spacial score (nSPS) is 13.7. The SMILES string of the molecule is CC(=O)c1c(C)[nH]c(C(=O)CSc2nnc(-c3cccnc3)n2C2CC2)c1C. The lowest BCUT2D eigenvalue weighted by molar-refractivity contribution is 0.101. The molecular weight excluding hydrogens is 374 g/mol. The van der Waals surface area contributed by atoms with Crippen molar-refractivity contribution in [3.8, 4) is 11.4 Å². The highest BCUT2D eigenvalue weighted by Crippen LogP contribution is 2.41. The zero-order valence-electron chi connectivity index (χ0n) is 16.0. The van der Waals surface area contributed by atoms with Crippen molar-refractivity contribution >= 4 is 23.3 Å². The van der Waals surface area contributed by atoms with E-state index in [1.807, 2.05) is 26.0 Å². The van der Waals surface area contributed by atoms with Crippen molar-refractivity contribution in [2.45, 2.75) is 44.8 Å². The van der Waals surface area contributed by atoms with Gasteiger partial charge in [0.1, 0.15) is 0 Å². The number of aryl methyl sites for hydroxylation is 1. The Morgan fingerprint density at radius 2 is 2.07 bits per heavy atom. The molecule has 1 N–H and O–H groups in total. The molecule has 0 amide bonds. The van der Waals surface area contributed by atoms with Gasteiger partial charge in [-0.05, 0) is 51.3 Å². The van der Waals surface area contributed by atoms with E-state index >= 15 is 0 Å². The summed E-state index contributed by atoms with van der Waals surface area (Å²) >= 11 is 1.38. The Bertz CT molecular complexity index is 1050. The van der Waals surface area contributed by atoms with Crippen molar-refractivity contribution in [3.63, 3.8) is 0 Å². The van der Waals surface area contributed by atoms with Gasteiger partial charge in [-0.25, -0.2) is 0 Å². The lowest BCUT2D eigenvalue weighted by Crippen LogP contribution is -2.07. The standard InChI is InChI=1S/C20H21N5O2S/c1-11-17(13(3)26)12(2)22-18(11)16(27)10-28-20-24-23-19(25(20)15-6-7-15)14-5-4-8-21-9-14/h4-5,8-9,15,22H,6-7,10H2,1-3H3. The maximum Gasteiger partial charge on any atom is 0.192 e. The Balaban J connectivity index is 1.56. The molecule has 1 fully saturated rings. The van der Waals surface area contributed by atoms with Crippen molar-refractivity contribution in [3.05, 3.63) is 47.0 Å². The summed E-state index contributed by atoms with van der Waals surface area (Å²) in [5.74, 6) is 0.936. The quantitative estimate of drug-likeness (QED) is 0.483. The zero-order chi connectivity index (χ0) is 19.8. The van der Waals surface area contributed by atoms with Gasteiger partial charge in [0, 0.05) is 35.3 Å². The largest absolute Gasteiger partial charge is 0.355 e. The van der Waals surface area contributed by atoms with Crippen LogP contribution >= 0.6 is 11.8 Å². The molecule has 0 spiro atoms. The number of carbonyl (C=O) groups is 2. The van der Waals surface area contributed by atoms with Crippen LogP contribution in [0.4, 0.5) is 0 Å². The average molecular weight is 395 g/mol. The minimum atomic E-state index is -0.0497. The van der Waals surface area contributed by atoms with Crippen LogP contribution in [0.3, 0.4) is 0 Å². The molecule has 3 aromatic heterocycles. The van der Waals surface area contributed by atoms with E-state index in [0.29, 0.717) is 17.3 Å². The summed E-state index contributed by atoms with van der Waals surface area (Å²) in [5.41, 5.74) is 3.48. The molecular formula is C20H21N5O2S. The van der Waals surface area contributed by atoms with Crippen LogP contribution < -0.4 is 0 Å². The first-order valence-electron chi connectivity index (χ1n) is 9.18. The number of Topliss-reactive ketones (excluding diaryl/α,β-unsaturated/α-hetero) is 2. The highest BCUT2D eigenvalue weighted by Gasteiger charge is 2.30. The molecule has 7 nitrogen and oxygen atoms in total. The van der Waals surface area contributed by atoms with Crippen LogP contribution in [0.2, 0.25) is 0 Å². The van der Waals surface area contributed by atoms with Crippen molar-refractivity contribution < 1.29 is 9.59 Å². The van der Waals surface area contributed by atoms with Crippen molar-refractivity contribution in [1.29, 1.82) is 0 Å². The molecule has 3 aromatic rings. The van der Waals surface area contributed by atoms with Crippen LogP contribution in [-0.4, -0.2) is 42.1 Å². The summed E-state index contributed by atoms with van der Waals surface area (Å²) < 4.78 is 2.11. The number of thioether (sulfide) groups is 1. The fraction of sp³-hybridized carbons (Fsp3) is 0.350. The highest BCUT2D eigenvalue weighted by molar-refractivity contribution is 7.99. The zero-order valence-corrected chi connectivity index (χ0v) is 16.8. The van der Waals surface area contributed by atoms with Gasteiger partial charge >= 0.3 is 0 Å². The molecule has 1 aliphatic carbocycles. The number of ketones is 2. The van der Waals surface area contributed by atoms with Gasteiger partial charge in [-0.15, -0.1) is 10.2 Å². The third kappa shape index (κ3) is 3.40. The van der Waals surface area contributed by atoms with Gasteiger partial charge in [0.15, 0.2) is 22.5 Å². The lowest BCUT2D eigenvalue weighted by Gasteiger charge is -2.08. The number of nitrogens with one attached hydrogen (secondary N) is 1. The van der Waals surface area contributed by atoms with Gasteiger partial charge in [-0.3, -0.25) is 19.1 Å². The van der Waals surface area contributed by atoms with E-state index in [0.717, 1.165) is 40.6 Å². The predicted octanol–water partition coefficient (Wildman–Crippen LogP) is 3.80. The second-order valence-corrected chi connectivity index (χ2v) is 7.98. The maximum atomic E-state index is 12.8. The molecule has 4 rings (SSSR count). The predicted molar refractivity (Wildman–Crippen MR) is 107 cm³/mol. The minimum absolute atomic E-state index is 0.0347. The summed E-state index contributed by atoms with van der Waals surface area (Å²) in [6, 6.07) is 4.21. The van der Waals surface area contributed by atoms with Crippen molar-refractivity contribution in [1.82, 2.24) is 24.7 Å². The number of H-pyrrole nitrogens is 1. The number of rotatable bonds is 7. The molecule has 8 heteroatoms. The summed E-state index contributed by atoms with van der Waals surface area (Å²) in [6.45, 7) is 5.15. The smallest absolute Gasteiger partial charge is 0.192 e. The summed E-state index contributed by atoms with van der Waals surface area (Å²) in [5, 5.41) is 9.41. The minimum Gasteiger partial charge on any atom is -0.355 e. The molecule has 0 aromatic carbocycles. The first-order chi connectivity index (χ1) is 13.5. The fourth-order valence-electron chi connectivity index (χ4n) is 3.49. The van der Waals surface area contributed by atoms with Crippen LogP contribution in [0.25, 0.3) is 11.4 Å². The van der Waals surface area contributed by atoms with E-state index in [1.165, 1.54) is 18.7 Å². The molecule has 1 aliphatic rings. The average Bonchev–Trinajstić information content (AvgIpc) is 3.35. The number of hydrogen-bond donors (Lipinski definition) is 1.